The number of aromatic nitrogens is 5. The molecule has 1 aromatic carbocycles. The molecular formula is C19H21ClN6OS. The minimum Gasteiger partial charge on any atom is -0.419 e. The van der Waals surface area contributed by atoms with Crippen molar-refractivity contribution in [3.05, 3.63) is 58.4 Å². The Morgan fingerprint density at radius 1 is 1.32 bits per heavy atom. The van der Waals surface area contributed by atoms with E-state index < -0.39 is 0 Å². The van der Waals surface area contributed by atoms with Crippen molar-refractivity contribution in [2.45, 2.75) is 45.6 Å². The van der Waals surface area contributed by atoms with Crippen molar-refractivity contribution < 1.29 is 4.42 Å². The Hall–Kier alpha value is -2.29. The molecule has 0 unspecified atom stereocenters. The monoisotopic (exact) mass is 416 g/mol. The van der Waals surface area contributed by atoms with E-state index in [2.05, 4.69) is 26.8 Å². The highest BCUT2D eigenvalue weighted by atomic mass is 35.5. The van der Waals surface area contributed by atoms with E-state index in [1.165, 1.54) is 0 Å². The Kier molecular flexibility index (Phi) is 5.43. The van der Waals surface area contributed by atoms with Crippen molar-refractivity contribution in [3.8, 4) is 11.5 Å². The van der Waals surface area contributed by atoms with Gasteiger partial charge in [0, 0.05) is 23.2 Å². The first-order valence-corrected chi connectivity index (χ1v) is 9.91. The fourth-order valence-corrected chi connectivity index (χ4v) is 3.52. The normalized spacial score (nSPS) is 14.0. The highest BCUT2D eigenvalue weighted by Crippen LogP contribution is 2.29. The summed E-state index contributed by atoms with van der Waals surface area (Å²) in [5.74, 6) is 1.94. The lowest BCUT2D eigenvalue weighted by atomic mass is 10.2. The number of allylic oxidation sites excluding steroid dienone is 1. The van der Waals surface area contributed by atoms with E-state index >= 15 is 0 Å². The molecule has 2 heterocycles. The number of hydrogen-bond donors (Lipinski definition) is 0. The predicted molar refractivity (Wildman–Crippen MR) is 109 cm³/mol. The van der Waals surface area contributed by atoms with Crippen LogP contribution in [0.4, 0.5) is 0 Å². The van der Waals surface area contributed by atoms with Gasteiger partial charge < -0.3 is 8.98 Å². The zero-order valence-corrected chi connectivity index (χ0v) is 17.2. The van der Waals surface area contributed by atoms with Crippen molar-refractivity contribution in [2.75, 3.05) is 0 Å². The average Bonchev–Trinajstić information content (AvgIpc) is 3.37. The van der Waals surface area contributed by atoms with E-state index in [0.717, 1.165) is 24.2 Å². The van der Waals surface area contributed by atoms with Gasteiger partial charge in [0.1, 0.15) is 5.82 Å². The van der Waals surface area contributed by atoms with Gasteiger partial charge in [-0.3, -0.25) is 4.90 Å². The second kappa shape index (κ2) is 7.98. The molecule has 4 rings (SSSR count). The number of benzene rings is 1. The standard InChI is InChI=1S/C19H21ClN6OS/c1-3-10-25-13(2)23-26(19(25)28)12-24(16-8-9-16)11-17-21-22-18(27-17)14-4-6-15(20)7-5-14/h3-7,16H,1,8-12H2,2H3. The summed E-state index contributed by atoms with van der Waals surface area (Å²) >= 11 is 11.5. The first-order chi connectivity index (χ1) is 13.5. The number of hydrogen-bond acceptors (Lipinski definition) is 6. The van der Waals surface area contributed by atoms with Gasteiger partial charge >= 0.3 is 0 Å². The molecule has 1 aliphatic carbocycles. The zero-order chi connectivity index (χ0) is 19.7. The minimum absolute atomic E-state index is 0.484. The lowest BCUT2D eigenvalue weighted by molar-refractivity contribution is 0.169. The van der Waals surface area contributed by atoms with E-state index in [9.17, 15) is 0 Å². The van der Waals surface area contributed by atoms with Crippen LogP contribution in [-0.4, -0.2) is 35.5 Å². The minimum atomic E-state index is 0.484. The van der Waals surface area contributed by atoms with Crippen LogP contribution in [0, 0.1) is 11.7 Å². The maximum atomic E-state index is 5.94. The van der Waals surface area contributed by atoms with E-state index in [-0.39, 0.29) is 0 Å². The third kappa shape index (κ3) is 4.09. The molecule has 7 nitrogen and oxygen atoms in total. The summed E-state index contributed by atoms with van der Waals surface area (Å²) in [4.78, 5) is 2.28. The second-order valence-corrected chi connectivity index (χ2v) is 7.66. The first-order valence-electron chi connectivity index (χ1n) is 9.12. The molecule has 3 aromatic rings. The summed E-state index contributed by atoms with van der Waals surface area (Å²) in [5.41, 5.74) is 0.849. The van der Waals surface area contributed by atoms with Gasteiger partial charge in [-0.05, 0) is 56.2 Å². The Morgan fingerprint density at radius 3 is 2.75 bits per heavy atom. The molecule has 0 N–H and O–H groups in total. The fraction of sp³-hybridized carbons (Fsp3) is 0.368. The Bertz CT molecular complexity index is 1030. The second-order valence-electron chi connectivity index (χ2n) is 6.86. The van der Waals surface area contributed by atoms with Gasteiger partial charge in [0.2, 0.25) is 11.8 Å². The summed E-state index contributed by atoms with van der Waals surface area (Å²) in [5, 5.41) is 13.6. The average molecular weight is 417 g/mol. The molecule has 0 radical (unpaired) electrons. The van der Waals surface area contributed by atoms with E-state index in [4.69, 9.17) is 28.2 Å². The van der Waals surface area contributed by atoms with Gasteiger partial charge in [-0.1, -0.05) is 17.7 Å². The van der Waals surface area contributed by atoms with E-state index in [0.29, 0.717) is 47.4 Å². The van der Waals surface area contributed by atoms with Gasteiger partial charge in [0.05, 0.1) is 13.2 Å². The van der Waals surface area contributed by atoms with Crippen LogP contribution in [0.3, 0.4) is 0 Å². The van der Waals surface area contributed by atoms with Gasteiger partial charge in [-0.2, -0.15) is 5.10 Å². The molecule has 0 atom stereocenters. The predicted octanol–water partition coefficient (Wildman–Crippen LogP) is 4.23. The van der Waals surface area contributed by atoms with Crippen LogP contribution in [-0.2, 0) is 19.8 Å². The highest BCUT2D eigenvalue weighted by Gasteiger charge is 2.31. The topological polar surface area (TPSA) is 64.9 Å². The molecule has 28 heavy (non-hydrogen) atoms. The summed E-state index contributed by atoms with van der Waals surface area (Å²) in [6, 6.07) is 7.83. The molecule has 0 saturated heterocycles. The van der Waals surface area contributed by atoms with Crippen LogP contribution in [0.2, 0.25) is 5.02 Å². The largest absolute Gasteiger partial charge is 0.419 e. The molecule has 146 valence electrons. The lowest BCUT2D eigenvalue weighted by Crippen LogP contribution is -2.29. The van der Waals surface area contributed by atoms with Crippen molar-refractivity contribution >= 4 is 23.8 Å². The Labute approximate surface area is 173 Å². The Morgan fingerprint density at radius 2 is 2.07 bits per heavy atom. The van der Waals surface area contributed by atoms with Crippen molar-refractivity contribution in [1.29, 1.82) is 0 Å². The number of rotatable bonds is 8. The summed E-state index contributed by atoms with van der Waals surface area (Å²) in [6.45, 7) is 7.54. The summed E-state index contributed by atoms with van der Waals surface area (Å²) in [6.07, 6.45) is 4.12. The van der Waals surface area contributed by atoms with Crippen LogP contribution in [0.5, 0.6) is 0 Å². The highest BCUT2D eigenvalue weighted by molar-refractivity contribution is 7.71. The molecular weight excluding hydrogens is 396 g/mol. The molecule has 1 fully saturated rings. The van der Waals surface area contributed by atoms with E-state index in [1.807, 2.05) is 34.4 Å². The number of halogens is 1. The van der Waals surface area contributed by atoms with Crippen LogP contribution < -0.4 is 0 Å². The fourth-order valence-electron chi connectivity index (χ4n) is 3.09. The molecule has 0 aliphatic heterocycles. The molecule has 0 amide bonds. The van der Waals surface area contributed by atoms with Gasteiger partial charge in [0.15, 0.2) is 4.77 Å². The SMILES string of the molecule is C=CCn1c(C)nn(CN(Cc2nnc(-c3ccc(Cl)cc3)o2)C2CC2)c1=S. The first kappa shape index (κ1) is 19.0. The summed E-state index contributed by atoms with van der Waals surface area (Å²) in [7, 11) is 0. The molecule has 1 aliphatic rings. The van der Waals surface area contributed by atoms with Crippen molar-refractivity contribution in [1.82, 2.24) is 29.4 Å². The van der Waals surface area contributed by atoms with Crippen molar-refractivity contribution in [2.24, 2.45) is 0 Å². The lowest BCUT2D eigenvalue weighted by Gasteiger charge is -2.19. The van der Waals surface area contributed by atoms with Crippen molar-refractivity contribution in [3.63, 3.8) is 0 Å². The van der Waals surface area contributed by atoms with Gasteiger partial charge in [-0.15, -0.1) is 16.8 Å². The van der Waals surface area contributed by atoms with Gasteiger partial charge in [0.25, 0.3) is 0 Å². The van der Waals surface area contributed by atoms with Gasteiger partial charge in [-0.25, -0.2) is 4.68 Å². The van der Waals surface area contributed by atoms with E-state index in [1.54, 1.807) is 12.1 Å². The number of aryl methyl sites for hydroxylation is 1. The maximum Gasteiger partial charge on any atom is 0.247 e. The molecule has 2 aromatic heterocycles. The summed E-state index contributed by atoms with van der Waals surface area (Å²) < 4.78 is 10.4. The molecule has 0 spiro atoms. The third-order valence-corrected chi connectivity index (χ3v) is 5.38. The quantitative estimate of drug-likeness (QED) is 0.404. The van der Waals surface area contributed by atoms with Crippen LogP contribution in [0.25, 0.3) is 11.5 Å². The smallest absolute Gasteiger partial charge is 0.247 e. The zero-order valence-electron chi connectivity index (χ0n) is 15.6. The number of nitrogens with zero attached hydrogens (tertiary/aromatic N) is 6. The molecule has 0 bridgehead atoms. The Balaban J connectivity index is 1.51. The van der Waals surface area contributed by atoms with Crippen LogP contribution in [0.15, 0.2) is 41.3 Å². The molecule has 1 saturated carbocycles. The molecule has 9 heteroatoms. The van der Waals surface area contributed by atoms with Crippen LogP contribution >= 0.6 is 23.8 Å². The maximum absolute atomic E-state index is 5.94. The third-order valence-electron chi connectivity index (χ3n) is 4.69. The van der Waals surface area contributed by atoms with Crippen LogP contribution in [0.1, 0.15) is 24.6 Å².